The Morgan fingerprint density at radius 1 is 1.29 bits per heavy atom. The van der Waals surface area contributed by atoms with Crippen molar-refractivity contribution in [1.29, 1.82) is 0 Å². The highest BCUT2D eigenvalue weighted by atomic mass is 19.1. The number of benzene rings is 2. The van der Waals surface area contributed by atoms with Crippen molar-refractivity contribution < 1.29 is 19.2 Å². The van der Waals surface area contributed by atoms with Gasteiger partial charge in [-0.2, -0.15) is 0 Å². The van der Waals surface area contributed by atoms with Crippen LogP contribution in [0.1, 0.15) is 5.56 Å². The lowest BCUT2D eigenvalue weighted by Crippen LogP contribution is -2.33. The number of rotatable bonds is 8. The SMILES string of the molecule is CN(Cc1ccccc1F)CC(O)COc1cccc([N+](=O)[O-])c1. The van der Waals surface area contributed by atoms with Crippen LogP contribution in [0, 0.1) is 15.9 Å². The van der Waals surface area contributed by atoms with E-state index in [-0.39, 0.29) is 24.7 Å². The Hall–Kier alpha value is -2.51. The molecule has 0 saturated carbocycles. The Morgan fingerprint density at radius 3 is 2.75 bits per heavy atom. The number of hydrogen-bond donors (Lipinski definition) is 1. The summed E-state index contributed by atoms with van der Waals surface area (Å²) in [5.74, 6) is 0.0340. The van der Waals surface area contributed by atoms with E-state index in [9.17, 15) is 19.6 Å². The maximum absolute atomic E-state index is 13.6. The molecule has 2 aromatic rings. The van der Waals surface area contributed by atoms with Gasteiger partial charge < -0.3 is 9.84 Å². The normalized spacial score (nSPS) is 12.2. The highest BCUT2D eigenvalue weighted by Crippen LogP contribution is 2.19. The number of nitro groups is 1. The molecule has 0 aromatic heterocycles. The van der Waals surface area contributed by atoms with Crippen molar-refractivity contribution in [3.05, 3.63) is 70.0 Å². The van der Waals surface area contributed by atoms with Gasteiger partial charge in [-0.1, -0.05) is 24.3 Å². The van der Waals surface area contributed by atoms with Gasteiger partial charge in [0.15, 0.2) is 0 Å². The third-order valence-electron chi connectivity index (χ3n) is 3.39. The Labute approximate surface area is 139 Å². The number of nitro benzene ring substituents is 1. The zero-order valence-electron chi connectivity index (χ0n) is 13.3. The second-order valence-corrected chi connectivity index (χ2v) is 5.51. The number of halogens is 1. The van der Waals surface area contributed by atoms with Crippen molar-refractivity contribution in [2.45, 2.75) is 12.6 Å². The van der Waals surface area contributed by atoms with Gasteiger partial charge in [-0.15, -0.1) is 0 Å². The summed E-state index contributed by atoms with van der Waals surface area (Å²) in [6.45, 7) is 0.632. The molecule has 2 rings (SSSR count). The summed E-state index contributed by atoms with van der Waals surface area (Å²) < 4.78 is 19.0. The predicted octanol–water partition coefficient (Wildman–Crippen LogP) is 2.61. The number of aliphatic hydroxyl groups excluding tert-OH is 1. The summed E-state index contributed by atoms with van der Waals surface area (Å²) in [4.78, 5) is 12.0. The Morgan fingerprint density at radius 2 is 2.04 bits per heavy atom. The van der Waals surface area contributed by atoms with Crippen LogP contribution < -0.4 is 4.74 Å². The zero-order valence-corrected chi connectivity index (χ0v) is 13.3. The van der Waals surface area contributed by atoms with E-state index in [4.69, 9.17) is 4.74 Å². The molecule has 0 aliphatic heterocycles. The first kappa shape index (κ1) is 17.8. The van der Waals surface area contributed by atoms with Gasteiger partial charge in [0, 0.05) is 24.7 Å². The standard InChI is InChI=1S/C17H19FN2O4/c1-19(10-13-5-2-3-8-17(13)18)11-15(21)12-24-16-7-4-6-14(9-16)20(22)23/h2-9,15,21H,10-12H2,1H3. The minimum absolute atomic E-state index is 0.0111. The van der Waals surface area contributed by atoms with Crippen LogP contribution in [0.5, 0.6) is 5.75 Å². The first-order valence-electron chi connectivity index (χ1n) is 7.43. The first-order valence-corrected chi connectivity index (χ1v) is 7.43. The van der Waals surface area contributed by atoms with Crippen LogP contribution in [0.3, 0.4) is 0 Å². The highest BCUT2D eigenvalue weighted by molar-refractivity contribution is 5.37. The van der Waals surface area contributed by atoms with Gasteiger partial charge in [0.1, 0.15) is 24.3 Å². The molecular formula is C17H19FN2O4. The second kappa shape index (κ2) is 8.37. The summed E-state index contributed by atoms with van der Waals surface area (Å²) in [7, 11) is 1.77. The van der Waals surface area contributed by atoms with Crippen LogP contribution in [0.4, 0.5) is 10.1 Å². The fourth-order valence-electron chi connectivity index (χ4n) is 2.27. The largest absolute Gasteiger partial charge is 0.491 e. The van der Waals surface area contributed by atoms with E-state index in [1.54, 1.807) is 36.2 Å². The van der Waals surface area contributed by atoms with Crippen LogP contribution in [0.2, 0.25) is 0 Å². The van der Waals surface area contributed by atoms with Gasteiger partial charge in [0.05, 0.1) is 11.0 Å². The maximum Gasteiger partial charge on any atom is 0.273 e. The molecule has 0 fully saturated rings. The number of non-ortho nitro benzene ring substituents is 1. The van der Waals surface area contributed by atoms with Crippen molar-refractivity contribution in [2.24, 2.45) is 0 Å². The summed E-state index contributed by atoms with van der Waals surface area (Å²) >= 11 is 0. The Balaban J connectivity index is 1.82. The highest BCUT2D eigenvalue weighted by Gasteiger charge is 2.12. The molecule has 1 atom stereocenters. The molecule has 128 valence electrons. The van der Waals surface area contributed by atoms with E-state index in [0.29, 0.717) is 17.9 Å². The lowest BCUT2D eigenvalue weighted by Gasteiger charge is -2.21. The number of ether oxygens (including phenoxy) is 1. The maximum atomic E-state index is 13.6. The van der Waals surface area contributed by atoms with Gasteiger partial charge in [-0.3, -0.25) is 15.0 Å². The van der Waals surface area contributed by atoms with Crippen molar-refractivity contribution in [3.8, 4) is 5.75 Å². The summed E-state index contributed by atoms with van der Waals surface area (Å²) in [5.41, 5.74) is 0.477. The molecule has 2 aromatic carbocycles. The Bertz CT molecular complexity index is 696. The smallest absolute Gasteiger partial charge is 0.273 e. The topological polar surface area (TPSA) is 75.8 Å². The molecule has 0 spiro atoms. The summed E-state index contributed by atoms with van der Waals surface area (Å²) in [6, 6.07) is 12.2. The molecule has 0 bridgehead atoms. The van der Waals surface area contributed by atoms with Gasteiger partial charge >= 0.3 is 0 Å². The first-order chi connectivity index (χ1) is 11.5. The molecule has 0 aliphatic rings. The number of nitrogens with zero attached hydrogens (tertiary/aromatic N) is 2. The molecular weight excluding hydrogens is 315 g/mol. The molecule has 0 aliphatic carbocycles. The Kier molecular flexibility index (Phi) is 6.22. The number of likely N-dealkylation sites (N-methyl/N-ethyl adjacent to an activating group) is 1. The van der Waals surface area contributed by atoms with E-state index in [1.807, 2.05) is 0 Å². The predicted molar refractivity (Wildman–Crippen MR) is 87.3 cm³/mol. The van der Waals surface area contributed by atoms with Crippen LogP contribution in [0.15, 0.2) is 48.5 Å². The van der Waals surface area contributed by atoms with Gasteiger partial charge in [0.2, 0.25) is 0 Å². The van der Waals surface area contributed by atoms with E-state index in [2.05, 4.69) is 0 Å². The van der Waals surface area contributed by atoms with Crippen molar-refractivity contribution >= 4 is 5.69 Å². The lowest BCUT2D eigenvalue weighted by molar-refractivity contribution is -0.384. The minimum Gasteiger partial charge on any atom is -0.491 e. The van der Waals surface area contributed by atoms with E-state index < -0.39 is 11.0 Å². The van der Waals surface area contributed by atoms with Gasteiger partial charge in [0.25, 0.3) is 5.69 Å². The van der Waals surface area contributed by atoms with E-state index >= 15 is 0 Å². The van der Waals surface area contributed by atoms with Crippen molar-refractivity contribution in [3.63, 3.8) is 0 Å². The second-order valence-electron chi connectivity index (χ2n) is 5.51. The third-order valence-corrected chi connectivity index (χ3v) is 3.39. The molecule has 7 heteroatoms. The fourth-order valence-corrected chi connectivity index (χ4v) is 2.27. The number of hydrogen-bond acceptors (Lipinski definition) is 5. The van der Waals surface area contributed by atoms with Crippen LogP contribution >= 0.6 is 0 Å². The minimum atomic E-state index is -0.805. The fraction of sp³-hybridized carbons (Fsp3) is 0.294. The average Bonchev–Trinajstić information content (AvgIpc) is 2.55. The molecule has 1 unspecified atom stereocenters. The van der Waals surface area contributed by atoms with Crippen LogP contribution in [-0.2, 0) is 6.54 Å². The monoisotopic (exact) mass is 334 g/mol. The molecule has 0 heterocycles. The molecule has 6 nitrogen and oxygen atoms in total. The summed E-state index contributed by atoms with van der Waals surface area (Å²) in [5, 5.41) is 20.7. The summed E-state index contributed by atoms with van der Waals surface area (Å²) in [6.07, 6.45) is -0.805. The van der Waals surface area contributed by atoms with Crippen LogP contribution in [0.25, 0.3) is 0 Å². The zero-order chi connectivity index (χ0) is 17.5. The quantitative estimate of drug-likeness (QED) is 0.593. The van der Waals surface area contributed by atoms with E-state index in [1.165, 1.54) is 24.3 Å². The molecule has 0 saturated heterocycles. The van der Waals surface area contributed by atoms with Gasteiger partial charge in [-0.25, -0.2) is 4.39 Å². The van der Waals surface area contributed by atoms with Crippen LogP contribution in [-0.4, -0.2) is 41.2 Å². The average molecular weight is 334 g/mol. The van der Waals surface area contributed by atoms with Gasteiger partial charge in [-0.05, 0) is 19.2 Å². The molecule has 0 radical (unpaired) electrons. The molecule has 1 N–H and O–H groups in total. The third kappa shape index (κ3) is 5.29. The molecule has 24 heavy (non-hydrogen) atoms. The number of aliphatic hydroxyl groups is 1. The van der Waals surface area contributed by atoms with Crippen molar-refractivity contribution in [2.75, 3.05) is 20.2 Å². The lowest BCUT2D eigenvalue weighted by atomic mass is 10.2. The van der Waals surface area contributed by atoms with Crippen molar-refractivity contribution in [1.82, 2.24) is 4.90 Å². The van der Waals surface area contributed by atoms with E-state index in [0.717, 1.165) is 0 Å². The molecule has 0 amide bonds.